The largest absolute Gasteiger partial charge is 0.457 e. The quantitative estimate of drug-likeness (QED) is 0.126. The van der Waals surface area contributed by atoms with Crippen molar-refractivity contribution in [3.8, 4) is 34.5 Å². The van der Waals surface area contributed by atoms with Gasteiger partial charge in [0.2, 0.25) is 0 Å². The number of anilines is 1. The van der Waals surface area contributed by atoms with E-state index >= 15 is 0 Å². The number of imide groups is 2. The van der Waals surface area contributed by atoms with E-state index in [4.69, 9.17) is 19.9 Å². The first-order valence-electron chi connectivity index (χ1n) is 18.0. The molecule has 7 rings (SSSR count). The van der Waals surface area contributed by atoms with Crippen LogP contribution in [0.2, 0.25) is 0 Å². The van der Waals surface area contributed by atoms with Gasteiger partial charge in [0.15, 0.2) is 0 Å². The minimum atomic E-state index is -0.603. The second kappa shape index (κ2) is 13.9. The zero-order valence-electron chi connectivity index (χ0n) is 30.8. The highest BCUT2D eigenvalue weighted by Gasteiger charge is 2.45. The zero-order chi connectivity index (χ0) is 38.4. The second-order valence-electron chi connectivity index (χ2n) is 14.1. The van der Waals surface area contributed by atoms with Crippen molar-refractivity contribution >= 4 is 29.3 Å². The van der Waals surface area contributed by atoms with Gasteiger partial charge in [0.05, 0.1) is 27.9 Å². The summed E-state index contributed by atoms with van der Waals surface area (Å²) in [6.45, 7) is 9.84. The molecule has 10 heteroatoms. The molecule has 274 valence electrons. The third kappa shape index (κ3) is 6.49. The van der Waals surface area contributed by atoms with E-state index in [0.717, 1.165) is 16.9 Å². The van der Waals surface area contributed by atoms with Gasteiger partial charge in [-0.3, -0.25) is 24.1 Å². The van der Waals surface area contributed by atoms with Gasteiger partial charge >= 0.3 is 0 Å². The molecule has 0 bridgehead atoms. The topological polar surface area (TPSA) is 128 Å². The Morgan fingerprint density at radius 1 is 0.500 bits per heavy atom. The zero-order valence-corrected chi connectivity index (χ0v) is 30.8. The number of nitrogens with two attached hydrogens (primary N) is 1. The number of ether oxygens (including phenoxy) is 3. The Hall–Kier alpha value is -6.26. The molecule has 0 spiro atoms. The Bertz CT molecular complexity index is 2330. The van der Waals surface area contributed by atoms with Crippen LogP contribution in [0.5, 0.6) is 34.5 Å². The molecule has 1 atom stereocenters. The third-order valence-electron chi connectivity index (χ3n) is 10.6. The van der Waals surface area contributed by atoms with Gasteiger partial charge in [0.25, 0.3) is 23.6 Å². The van der Waals surface area contributed by atoms with Crippen LogP contribution in [-0.4, -0.2) is 34.1 Å². The summed E-state index contributed by atoms with van der Waals surface area (Å²) >= 11 is 0. The highest BCUT2D eigenvalue weighted by Crippen LogP contribution is 2.38. The van der Waals surface area contributed by atoms with Crippen LogP contribution in [0.1, 0.15) is 101 Å². The number of rotatable bonds is 12. The highest BCUT2D eigenvalue weighted by molar-refractivity contribution is 6.34. The molecule has 0 radical (unpaired) electrons. The average molecular weight is 724 g/mol. The van der Waals surface area contributed by atoms with Gasteiger partial charge in [-0.15, -0.1) is 0 Å². The molecular formula is C44H41N3O7. The van der Waals surface area contributed by atoms with Crippen LogP contribution in [-0.2, 0) is 5.54 Å². The molecule has 0 fully saturated rings. The lowest BCUT2D eigenvalue weighted by Gasteiger charge is -2.35. The first-order valence-corrected chi connectivity index (χ1v) is 18.0. The van der Waals surface area contributed by atoms with Gasteiger partial charge in [0.1, 0.15) is 34.5 Å². The maximum atomic E-state index is 13.7. The van der Waals surface area contributed by atoms with Crippen LogP contribution in [0.15, 0.2) is 109 Å². The van der Waals surface area contributed by atoms with Crippen LogP contribution in [0.4, 0.5) is 5.69 Å². The number of carbonyl (C=O) groups is 4. The molecule has 0 aliphatic carbocycles. The molecule has 54 heavy (non-hydrogen) atoms. The molecule has 4 amide bonds. The van der Waals surface area contributed by atoms with E-state index in [0.29, 0.717) is 58.6 Å². The lowest BCUT2D eigenvalue weighted by Crippen LogP contribution is -2.48. The maximum Gasteiger partial charge on any atom is 0.266 e. The molecule has 1 unspecified atom stereocenters. The molecular weight excluding hydrogens is 682 g/mol. The van der Waals surface area contributed by atoms with E-state index < -0.39 is 22.9 Å². The van der Waals surface area contributed by atoms with Crippen molar-refractivity contribution in [2.45, 2.75) is 65.0 Å². The standard InChI is InChI=1S/C44H41N3O7/c1-6-43(4,7-2)47-41(50)36-21-19-34(26-38(36)42(47)51)54-33-18-20-35-37(25-33)40(49)46(39(35)48)28-13-10-15-30(23-28)53-32-17-11-16-31(24-32)52-29-14-9-12-27(22-29)44(5,45)8-3/h9-26H,6-8,45H2,1-5H3. The molecule has 0 saturated heterocycles. The number of hydrogen-bond acceptors (Lipinski definition) is 8. The monoisotopic (exact) mass is 723 g/mol. The lowest BCUT2D eigenvalue weighted by molar-refractivity contribution is 0.0434. The number of hydrogen-bond donors (Lipinski definition) is 1. The first-order chi connectivity index (χ1) is 25.8. The predicted molar refractivity (Wildman–Crippen MR) is 205 cm³/mol. The van der Waals surface area contributed by atoms with E-state index in [1.54, 1.807) is 66.7 Å². The van der Waals surface area contributed by atoms with E-state index in [1.807, 2.05) is 71.0 Å². The summed E-state index contributed by atoms with van der Waals surface area (Å²) < 4.78 is 18.4. The van der Waals surface area contributed by atoms with Crippen molar-refractivity contribution in [2.24, 2.45) is 5.73 Å². The normalized spacial score (nSPS) is 14.9. The van der Waals surface area contributed by atoms with Crippen LogP contribution in [0.25, 0.3) is 0 Å². The maximum absolute atomic E-state index is 13.7. The Morgan fingerprint density at radius 2 is 0.944 bits per heavy atom. The summed E-state index contributed by atoms with van der Waals surface area (Å²) in [5, 5.41) is 0. The molecule has 2 N–H and O–H groups in total. The van der Waals surface area contributed by atoms with Gasteiger partial charge in [0, 0.05) is 23.2 Å². The number of nitrogens with zero attached hydrogens (tertiary/aromatic N) is 2. The SMILES string of the molecule is CCC(C)(N)c1cccc(Oc2cccc(Oc3cccc(N4C(=O)c5ccc(Oc6ccc7c(c6)C(=O)N(C(C)(CC)CC)C7=O)cc5C4=O)c3)c2)c1. The Kier molecular flexibility index (Phi) is 9.33. The van der Waals surface area contributed by atoms with Crippen molar-refractivity contribution in [3.05, 3.63) is 137 Å². The number of benzene rings is 5. The Balaban J connectivity index is 1.06. The molecule has 10 nitrogen and oxygen atoms in total. The molecule has 2 heterocycles. The second-order valence-corrected chi connectivity index (χ2v) is 14.1. The minimum absolute atomic E-state index is 0.173. The van der Waals surface area contributed by atoms with Crippen LogP contribution in [0, 0.1) is 0 Å². The fourth-order valence-electron chi connectivity index (χ4n) is 6.67. The fraction of sp³-hybridized carbons (Fsp3) is 0.227. The van der Waals surface area contributed by atoms with Crippen molar-refractivity contribution in [3.63, 3.8) is 0 Å². The van der Waals surface area contributed by atoms with Crippen molar-refractivity contribution in [1.82, 2.24) is 4.90 Å². The molecule has 0 aromatic heterocycles. The average Bonchev–Trinajstić information content (AvgIpc) is 3.58. The van der Waals surface area contributed by atoms with Gasteiger partial charge in [-0.25, -0.2) is 4.90 Å². The Morgan fingerprint density at radius 3 is 1.52 bits per heavy atom. The third-order valence-corrected chi connectivity index (χ3v) is 10.6. The van der Waals surface area contributed by atoms with Gasteiger partial charge in [-0.2, -0.15) is 0 Å². The highest BCUT2D eigenvalue weighted by atomic mass is 16.5. The van der Waals surface area contributed by atoms with E-state index in [9.17, 15) is 19.2 Å². The number of fused-ring (bicyclic) bond motifs is 2. The summed E-state index contributed by atoms with van der Waals surface area (Å²) in [4.78, 5) is 56.3. The summed E-state index contributed by atoms with van der Waals surface area (Å²) in [6, 6.07) is 31.0. The van der Waals surface area contributed by atoms with Crippen molar-refractivity contribution < 1.29 is 33.4 Å². The van der Waals surface area contributed by atoms with Crippen LogP contribution < -0.4 is 24.8 Å². The van der Waals surface area contributed by atoms with Gasteiger partial charge in [-0.1, -0.05) is 45.0 Å². The summed E-state index contributed by atoms with van der Waals surface area (Å²) in [7, 11) is 0. The van der Waals surface area contributed by atoms with Gasteiger partial charge < -0.3 is 19.9 Å². The Labute approximate surface area is 314 Å². The predicted octanol–water partition coefficient (Wildman–Crippen LogP) is 9.62. The van der Waals surface area contributed by atoms with Crippen molar-refractivity contribution in [2.75, 3.05) is 4.90 Å². The molecule has 2 aliphatic rings. The smallest absolute Gasteiger partial charge is 0.266 e. The van der Waals surface area contributed by atoms with E-state index in [1.165, 1.54) is 11.0 Å². The summed E-state index contributed by atoms with van der Waals surface area (Å²) in [6.07, 6.45) is 2.03. The fourth-order valence-corrected chi connectivity index (χ4v) is 6.67. The molecule has 0 saturated carbocycles. The van der Waals surface area contributed by atoms with Crippen LogP contribution >= 0.6 is 0 Å². The summed E-state index contributed by atoms with van der Waals surface area (Å²) in [5.74, 6) is 1.05. The molecule has 5 aromatic rings. The minimum Gasteiger partial charge on any atom is -0.457 e. The van der Waals surface area contributed by atoms with Gasteiger partial charge in [-0.05, 0) is 111 Å². The van der Waals surface area contributed by atoms with E-state index in [2.05, 4.69) is 0 Å². The lowest BCUT2D eigenvalue weighted by atomic mass is 9.90. The number of carbonyl (C=O) groups excluding carboxylic acids is 4. The van der Waals surface area contributed by atoms with Crippen molar-refractivity contribution in [1.29, 1.82) is 0 Å². The number of amides is 4. The summed E-state index contributed by atoms with van der Waals surface area (Å²) in [5.41, 5.74) is 7.66. The van der Waals surface area contributed by atoms with Crippen LogP contribution in [0.3, 0.4) is 0 Å². The van der Waals surface area contributed by atoms with E-state index in [-0.39, 0.29) is 28.5 Å². The first kappa shape index (κ1) is 36.1. The molecule has 2 aliphatic heterocycles. The molecule has 5 aromatic carbocycles.